The summed E-state index contributed by atoms with van der Waals surface area (Å²) in [5.74, 6) is 0.688. The Morgan fingerprint density at radius 2 is 2.24 bits per heavy atom. The van der Waals surface area contributed by atoms with Gasteiger partial charge in [0.1, 0.15) is 0 Å². The van der Waals surface area contributed by atoms with Crippen LogP contribution in [-0.2, 0) is 11.8 Å². The number of carboxylic acids is 1. The van der Waals surface area contributed by atoms with Crippen molar-refractivity contribution in [1.82, 2.24) is 9.55 Å². The van der Waals surface area contributed by atoms with E-state index in [1.165, 1.54) is 0 Å². The van der Waals surface area contributed by atoms with Gasteiger partial charge in [0.05, 0.1) is 5.92 Å². The molecule has 1 heterocycles. The molecule has 0 bridgehead atoms. The van der Waals surface area contributed by atoms with Gasteiger partial charge in [-0.2, -0.15) is 0 Å². The molecule has 0 radical (unpaired) electrons. The molecular weight excluding hydrogens is 218 g/mol. The first-order chi connectivity index (χ1) is 8.16. The highest BCUT2D eigenvalue weighted by Crippen LogP contribution is 2.28. The molecule has 0 atom stereocenters. The minimum atomic E-state index is -0.638. The summed E-state index contributed by atoms with van der Waals surface area (Å²) in [6.07, 6.45) is 7.28. The van der Waals surface area contributed by atoms with Crippen LogP contribution < -0.4 is 5.32 Å². The number of carboxylic acid groups (broad SMARTS) is 1. The molecule has 94 valence electrons. The van der Waals surface area contributed by atoms with E-state index in [1.807, 2.05) is 17.8 Å². The molecule has 0 saturated heterocycles. The maximum atomic E-state index is 10.8. The van der Waals surface area contributed by atoms with Gasteiger partial charge in [-0.25, -0.2) is 4.98 Å². The zero-order valence-electron chi connectivity index (χ0n) is 10.1. The zero-order chi connectivity index (χ0) is 12.3. The number of imidazole rings is 1. The van der Waals surface area contributed by atoms with Crippen LogP contribution in [0.3, 0.4) is 0 Å². The predicted molar refractivity (Wildman–Crippen MR) is 64.8 cm³/mol. The Kier molecular flexibility index (Phi) is 3.66. The van der Waals surface area contributed by atoms with Gasteiger partial charge >= 0.3 is 5.97 Å². The minimum Gasteiger partial charge on any atom is -0.481 e. The monoisotopic (exact) mass is 237 g/mol. The Morgan fingerprint density at radius 1 is 1.53 bits per heavy atom. The van der Waals surface area contributed by atoms with Gasteiger partial charge in [-0.15, -0.1) is 0 Å². The number of hydrogen-bond acceptors (Lipinski definition) is 3. The maximum Gasteiger partial charge on any atom is 0.306 e. The van der Waals surface area contributed by atoms with E-state index < -0.39 is 5.97 Å². The molecule has 1 saturated carbocycles. The number of nitrogens with zero attached hydrogens (tertiary/aromatic N) is 2. The van der Waals surface area contributed by atoms with Crippen LogP contribution in [0.1, 0.15) is 25.7 Å². The number of anilines is 1. The highest BCUT2D eigenvalue weighted by Gasteiger charge is 2.25. The van der Waals surface area contributed by atoms with E-state index in [0.717, 1.165) is 38.2 Å². The molecule has 0 aliphatic heterocycles. The molecular formula is C12H19N3O2. The average Bonchev–Trinajstić information content (AvgIpc) is 2.73. The average molecular weight is 237 g/mol. The van der Waals surface area contributed by atoms with Crippen molar-refractivity contribution in [3.63, 3.8) is 0 Å². The van der Waals surface area contributed by atoms with E-state index in [0.29, 0.717) is 5.92 Å². The zero-order valence-corrected chi connectivity index (χ0v) is 10.1. The van der Waals surface area contributed by atoms with Crippen molar-refractivity contribution in [2.75, 3.05) is 11.9 Å². The predicted octanol–water partition coefficient (Wildman–Crippen LogP) is 1.72. The summed E-state index contributed by atoms with van der Waals surface area (Å²) in [6, 6.07) is 0. The minimum absolute atomic E-state index is 0.126. The fourth-order valence-electron chi connectivity index (χ4n) is 2.39. The topological polar surface area (TPSA) is 67.2 Å². The van der Waals surface area contributed by atoms with Crippen LogP contribution in [0.25, 0.3) is 0 Å². The van der Waals surface area contributed by atoms with E-state index in [4.69, 9.17) is 5.11 Å². The van der Waals surface area contributed by atoms with Gasteiger partial charge < -0.3 is 15.0 Å². The molecule has 5 heteroatoms. The third-order valence-electron chi connectivity index (χ3n) is 3.57. The number of carbonyl (C=O) groups is 1. The largest absolute Gasteiger partial charge is 0.481 e. The second kappa shape index (κ2) is 5.21. The second-order valence-electron chi connectivity index (χ2n) is 4.80. The smallest absolute Gasteiger partial charge is 0.306 e. The number of hydrogen-bond donors (Lipinski definition) is 2. The van der Waals surface area contributed by atoms with Gasteiger partial charge in [-0.1, -0.05) is 0 Å². The van der Waals surface area contributed by atoms with Gasteiger partial charge in [0.2, 0.25) is 5.95 Å². The molecule has 1 aliphatic rings. The van der Waals surface area contributed by atoms with Gasteiger partial charge in [0.25, 0.3) is 0 Å². The van der Waals surface area contributed by atoms with Crippen molar-refractivity contribution in [1.29, 1.82) is 0 Å². The first kappa shape index (κ1) is 12.0. The molecule has 17 heavy (non-hydrogen) atoms. The Bertz CT molecular complexity index is 381. The number of nitrogens with one attached hydrogen (secondary N) is 1. The van der Waals surface area contributed by atoms with Crippen LogP contribution in [0.5, 0.6) is 0 Å². The fourth-order valence-corrected chi connectivity index (χ4v) is 2.39. The second-order valence-corrected chi connectivity index (χ2v) is 4.80. The van der Waals surface area contributed by atoms with Gasteiger partial charge in [0.15, 0.2) is 0 Å². The third-order valence-corrected chi connectivity index (χ3v) is 3.57. The molecule has 0 amide bonds. The SMILES string of the molecule is Cn1ccnc1NCC1CCC(C(=O)O)CC1. The van der Waals surface area contributed by atoms with E-state index in [9.17, 15) is 4.79 Å². The first-order valence-corrected chi connectivity index (χ1v) is 6.11. The summed E-state index contributed by atoms with van der Waals surface area (Å²) < 4.78 is 1.95. The van der Waals surface area contributed by atoms with E-state index in [1.54, 1.807) is 6.20 Å². The highest BCUT2D eigenvalue weighted by atomic mass is 16.4. The molecule has 1 aliphatic carbocycles. The van der Waals surface area contributed by atoms with E-state index in [2.05, 4.69) is 10.3 Å². The van der Waals surface area contributed by atoms with Crippen LogP contribution >= 0.6 is 0 Å². The Balaban J connectivity index is 1.75. The molecule has 0 aromatic carbocycles. The standard InChI is InChI=1S/C12H19N3O2/c1-15-7-6-13-12(15)14-8-9-2-4-10(5-3-9)11(16)17/h6-7,9-10H,2-5,8H2,1H3,(H,13,14)(H,16,17). The van der Waals surface area contributed by atoms with Crippen LogP contribution in [0, 0.1) is 11.8 Å². The lowest BCUT2D eigenvalue weighted by Crippen LogP contribution is -2.25. The number of aliphatic carboxylic acids is 1. The summed E-state index contributed by atoms with van der Waals surface area (Å²) in [5, 5.41) is 12.2. The molecule has 2 rings (SSSR count). The van der Waals surface area contributed by atoms with Crippen LogP contribution in [0.2, 0.25) is 0 Å². The van der Waals surface area contributed by atoms with Crippen molar-refractivity contribution in [2.45, 2.75) is 25.7 Å². The van der Waals surface area contributed by atoms with Crippen molar-refractivity contribution in [2.24, 2.45) is 18.9 Å². The van der Waals surface area contributed by atoms with E-state index in [-0.39, 0.29) is 5.92 Å². The molecule has 5 nitrogen and oxygen atoms in total. The van der Waals surface area contributed by atoms with Gasteiger partial charge in [0, 0.05) is 26.0 Å². The lowest BCUT2D eigenvalue weighted by atomic mass is 9.82. The third kappa shape index (κ3) is 2.99. The normalized spacial score (nSPS) is 24.5. The molecule has 0 unspecified atom stereocenters. The van der Waals surface area contributed by atoms with Gasteiger partial charge in [-0.05, 0) is 31.6 Å². The first-order valence-electron chi connectivity index (χ1n) is 6.11. The van der Waals surface area contributed by atoms with Crippen LogP contribution in [0.4, 0.5) is 5.95 Å². The highest BCUT2D eigenvalue weighted by molar-refractivity contribution is 5.69. The summed E-state index contributed by atoms with van der Waals surface area (Å²) in [6.45, 7) is 0.886. The fraction of sp³-hybridized carbons (Fsp3) is 0.667. The molecule has 1 aromatic rings. The summed E-state index contributed by atoms with van der Waals surface area (Å²) in [7, 11) is 1.96. The van der Waals surface area contributed by atoms with Crippen molar-refractivity contribution in [3.8, 4) is 0 Å². The molecule has 0 spiro atoms. The molecule has 1 aromatic heterocycles. The Labute approximate surface area is 101 Å². The molecule has 1 fully saturated rings. The lowest BCUT2D eigenvalue weighted by Gasteiger charge is -2.26. The van der Waals surface area contributed by atoms with Crippen molar-refractivity contribution >= 4 is 11.9 Å². The summed E-state index contributed by atoms with van der Waals surface area (Å²) in [4.78, 5) is 15.0. The number of rotatable bonds is 4. The van der Waals surface area contributed by atoms with Crippen molar-refractivity contribution < 1.29 is 9.90 Å². The van der Waals surface area contributed by atoms with Crippen LogP contribution in [0.15, 0.2) is 12.4 Å². The summed E-state index contributed by atoms with van der Waals surface area (Å²) >= 11 is 0. The van der Waals surface area contributed by atoms with Crippen LogP contribution in [-0.4, -0.2) is 27.2 Å². The molecule has 2 N–H and O–H groups in total. The number of aromatic nitrogens is 2. The van der Waals surface area contributed by atoms with Crippen molar-refractivity contribution in [3.05, 3.63) is 12.4 Å². The quantitative estimate of drug-likeness (QED) is 0.836. The number of aryl methyl sites for hydroxylation is 1. The van der Waals surface area contributed by atoms with Gasteiger partial charge in [-0.3, -0.25) is 4.79 Å². The summed E-state index contributed by atoms with van der Waals surface area (Å²) in [5.41, 5.74) is 0. The maximum absolute atomic E-state index is 10.8. The van der Waals surface area contributed by atoms with E-state index >= 15 is 0 Å². The Morgan fingerprint density at radius 3 is 2.76 bits per heavy atom. The lowest BCUT2D eigenvalue weighted by molar-refractivity contribution is -0.143. The Hall–Kier alpha value is -1.52.